The van der Waals surface area contributed by atoms with Crippen LogP contribution in [-0.2, 0) is 0 Å². The molecule has 1 aromatic rings. The summed E-state index contributed by atoms with van der Waals surface area (Å²) in [5, 5.41) is 6.34. The van der Waals surface area contributed by atoms with Gasteiger partial charge in [0.15, 0.2) is 0 Å². The second kappa shape index (κ2) is 3.55. The van der Waals surface area contributed by atoms with Crippen molar-refractivity contribution in [1.82, 2.24) is 0 Å². The van der Waals surface area contributed by atoms with Crippen LogP contribution in [0.2, 0.25) is 0 Å². The van der Waals surface area contributed by atoms with Crippen molar-refractivity contribution < 1.29 is 9.59 Å². The lowest BCUT2D eigenvalue weighted by molar-refractivity contribution is 0.0921. The molecule has 0 fully saturated rings. The highest BCUT2D eigenvalue weighted by atomic mass is 35.5. The number of hydrogen-bond donors (Lipinski definition) is 1. The minimum atomic E-state index is -0.562. The molecule has 0 saturated heterocycles. The van der Waals surface area contributed by atoms with Crippen molar-refractivity contribution in [1.29, 1.82) is 0 Å². The van der Waals surface area contributed by atoms with Crippen molar-refractivity contribution in [2.75, 3.05) is 5.73 Å². The van der Waals surface area contributed by atoms with Crippen LogP contribution in [0.25, 0.3) is 0 Å². The van der Waals surface area contributed by atoms with Gasteiger partial charge in [0.2, 0.25) is 0 Å². The molecule has 1 aliphatic rings. The SMILES string of the molecule is Cl.Nc1cccc2c1C(=O)N=NC2=O. The van der Waals surface area contributed by atoms with Crippen molar-refractivity contribution in [3.8, 4) is 0 Å². The van der Waals surface area contributed by atoms with Crippen LogP contribution in [0.1, 0.15) is 20.7 Å². The number of nitrogens with two attached hydrogens (primary N) is 1. The van der Waals surface area contributed by atoms with E-state index in [2.05, 4.69) is 10.2 Å². The van der Waals surface area contributed by atoms with Gasteiger partial charge in [0, 0.05) is 5.69 Å². The van der Waals surface area contributed by atoms with Gasteiger partial charge >= 0.3 is 0 Å². The van der Waals surface area contributed by atoms with Crippen LogP contribution >= 0.6 is 12.4 Å². The first-order valence-corrected chi connectivity index (χ1v) is 3.59. The fourth-order valence-electron chi connectivity index (χ4n) is 1.18. The summed E-state index contributed by atoms with van der Waals surface area (Å²) >= 11 is 0. The summed E-state index contributed by atoms with van der Waals surface area (Å²) in [5.41, 5.74) is 6.16. The molecule has 0 unspecified atom stereocenters. The average molecular weight is 212 g/mol. The maximum absolute atomic E-state index is 11.2. The Bertz CT molecular complexity index is 442. The molecule has 0 spiro atoms. The van der Waals surface area contributed by atoms with Gasteiger partial charge in [0.05, 0.1) is 11.1 Å². The van der Waals surface area contributed by atoms with E-state index in [9.17, 15) is 9.59 Å². The zero-order valence-electron chi connectivity index (χ0n) is 6.93. The Morgan fingerprint density at radius 3 is 2.36 bits per heavy atom. The second-order valence-corrected chi connectivity index (χ2v) is 2.58. The molecule has 0 atom stereocenters. The third-order valence-corrected chi connectivity index (χ3v) is 1.77. The van der Waals surface area contributed by atoms with E-state index in [4.69, 9.17) is 5.73 Å². The van der Waals surface area contributed by atoms with E-state index >= 15 is 0 Å². The summed E-state index contributed by atoms with van der Waals surface area (Å²) in [5.74, 6) is -1.09. The lowest BCUT2D eigenvalue weighted by Crippen LogP contribution is -2.13. The fraction of sp³-hybridized carbons (Fsp3) is 0. The topological polar surface area (TPSA) is 84.9 Å². The van der Waals surface area contributed by atoms with Crippen molar-refractivity contribution in [2.45, 2.75) is 0 Å². The van der Waals surface area contributed by atoms with Crippen LogP contribution in [-0.4, -0.2) is 11.8 Å². The molecule has 1 aliphatic heterocycles. The number of anilines is 1. The molecule has 72 valence electrons. The van der Waals surface area contributed by atoms with E-state index in [0.717, 1.165) is 0 Å². The van der Waals surface area contributed by atoms with Gasteiger partial charge in [-0.2, -0.15) is 0 Å². The molecule has 2 rings (SSSR count). The monoisotopic (exact) mass is 211 g/mol. The van der Waals surface area contributed by atoms with E-state index in [1.54, 1.807) is 12.1 Å². The molecule has 0 aromatic heterocycles. The van der Waals surface area contributed by atoms with Crippen LogP contribution in [0.4, 0.5) is 5.69 Å². The molecule has 0 bridgehead atoms. The highest BCUT2D eigenvalue weighted by Crippen LogP contribution is 2.22. The summed E-state index contributed by atoms with van der Waals surface area (Å²) in [7, 11) is 0. The number of rotatable bonds is 0. The molecule has 1 heterocycles. The lowest BCUT2D eigenvalue weighted by Gasteiger charge is -2.08. The minimum Gasteiger partial charge on any atom is -0.398 e. The molecule has 14 heavy (non-hydrogen) atoms. The molecule has 2 amide bonds. The highest BCUT2D eigenvalue weighted by Gasteiger charge is 2.23. The summed E-state index contributed by atoms with van der Waals surface area (Å²) in [4.78, 5) is 22.3. The molecular formula is C8H6ClN3O2. The second-order valence-electron chi connectivity index (χ2n) is 2.58. The Kier molecular flexibility index (Phi) is 2.62. The number of fused-ring (bicyclic) bond motifs is 1. The minimum absolute atomic E-state index is 0. The predicted molar refractivity (Wildman–Crippen MR) is 51.6 cm³/mol. The summed E-state index contributed by atoms with van der Waals surface area (Å²) < 4.78 is 0. The van der Waals surface area contributed by atoms with Gasteiger partial charge < -0.3 is 5.73 Å². The number of nitrogens with zero attached hydrogens (tertiary/aromatic N) is 2. The zero-order valence-corrected chi connectivity index (χ0v) is 7.75. The summed E-state index contributed by atoms with van der Waals surface area (Å²) in [6.07, 6.45) is 0. The number of carbonyl (C=O) groups excluding carboxylic acids is 2. The van der Waals surface area contributed by atoms with Crippen molar-refractivity contribution in [2.24, 2.45) is 10.2 Å². The van der Waals surface area contributed by atoms with Gasteiger partial charge in [-0.25, -0.2) is 0 Å². The summed E-state index contributed by atoms with van der Waals surface area (Å²) in [6.45, 7) is 0. The molecule has 5 nitrogen and oxygen atoms in total. The standard InChI is InChI=1S/C8H5N3O2.ClH/c9-5-3-1-2-4-6(5)8(13)11-10-7(4)12;/h1-3H,9H2;1H. The van der Waals surface area contributed by atoms with Gasteiger partial charge in [0.25, 0.3) is 11.8 Å². The molecule has 0 radical (unpaired) electrons. The lowest BCUT2D eigenvalue weighted by atomic mass is 10.0. The van der Waals surface area contributed by atoms with Crippen LogP contribution in [0.15, 0.2) is 28.4 Å². The maximum atomic E-state index is 11.2. The van der Waals surface area contributed by atoms with Gasteiger partial charge in [-0.05, 0) is 12.1 Å². The van der Waals surface area contributed by atoms with Gasteiger partial charge in [-0.3, -0.25) is 9.59 Å². The van der Waals surface area contributed by atoms with Crippen molar-refractivity contribution in [3.63, 3.8) is 0 Å². The highest BCUT2D eigenvalue weighted by molar-refractivity contribution is 6.13. The smallest absolute Gasteiger partial charge is 0.298 e. The quantitative estimate of drug-likeness (QED) is 0.659. The first kappa shape index (κ1) is 10.3. The Morgan fingerprint density at radius 1 is 1.07 bits per heavy atom. The van der Waals surface area contributed by atoms with Crippen molar-refractivity contribution >= 4 is 29.9 Å². The van der Waals surface area contributed by atoms with Gasteiger partial charge in [0.1, 0.15) is 0 Å². The Labute approximate surface area is 85.4 Å². The van der Waals surface area contributed by atoms with Crippen LogP contribution in [0.5, 0.6) is 0 Å². The average Bonchev–Trinajstić information content (AvgIpc) is 2.12. The van der Waals surface area contributed by atoms with Crippen LogP contribution in [0, 0.1) is 0 Å². The Morgan fingerprint density at radius 2 is 1.71 bits per heavy atom. The Balaban J connectivity index is 0.000000980. The fourth-order valence-corrected chi connectivity index (χ4v) is 1.18. The third kappa shape index (κ3) is 1.38. The van der Waals surface area contributed by atoms with Gasteiger partial charge in [-0.15, -0.1) is 22.6 Å². The van der Waals surface area contributed by atoms with E-state index in [-0.39, 0.29) is 29.2 Å². The normalized spacial score (nSPS) is 13.4. The Hall–Kier alpha value is -1.75. The number of hydrogen-bond acceptors (Lipinski definition) is 3. The van der Waals surface area contributed by atoms with E-state index < -0.39 is 11.8 Å². The molecule has 0 aliphatic carbocycles. The largest absolute Gasteiger partial charge is 0.398 e. The molecule has 6 heteroatoms. The number of amides is 2. The number of benzene rings is 1. The van der Waals surface area contributed by atoms with Crippen molar-refractivity contribution in [3.05, 3.63) is 29.3 Å². The number of halogens is 1. The first-order valence-electron chi connectivity index (χ1n) is 3.59. The van der Waals surface area contributed by atoms with Gasteiger partial charge in [-0.1, -0.05) is 6.07 Å². The van der Waals surface area contributed by atoms with E-state index in [0.29, 0.717) is 0 Å². The maximum Gasteiger partial charge on any atom is 0.298 e. The third-order valence-electron chi connectivity index (χ3n) is 1.77. The first-order chi connectivity index (χ1) is 6.20. The molecule has 0 saturated carbocycles. The number of nitrogen functional groups attached to an aromatic ring is 1. The van der Waals surface area contributed by atoms with Crippen LogP contribution in [0.3, 0.4) is 0 Å². The zero-order chi connectivity index (χ0) is 9.42. The number of carbonyl (C=O) groups is 2. The van der Waals surface area contributed by atoms with E-state index in [1.165, 1.54) is 6.07 Å². The molecular weight excluding hydrogens is 206 g/mol. The van der Waals surface area contributed by atoms with Crippen LogP contribution < -0.4 is 5.73 Å². The number of azo groups is 1. The van der Waals surface area contributed by atoms with E-state index in [1.807, 2.05) is 0 Å². The molecule has 1 aromatic carbocycles. The predicted octanol–water partition coefficient (Wildman–Crippen LogP) is 1.44. The summed E-state index contributed by atoms with van der Waals surface area (Å²) in [6, 6.07) is 4.65. The molecule has 2 N–H and O–H groups in total.